The van der Waals surface area contributed by atoms with Crippen LogP contribution >= 0.6 is 0 Å². The van der Waals surface area contributed by atoms with Gasteiger partial charge in [-0.05, 0) is 99.6 Å². The second-order valence-corrected chi connectivity index (χ2v) is 13.3. The van der Waals surface area contributed by atoms with Gasteiger partial charge < -0.3 is 20.1 Å². The summed E-state index contributed by atoms with van der Waals surface area (Å²) in [6.07, 6.45) is -0.673. The van der Waals surface area contributed by atoms with Crippen molar-refractivity contribution in [3.63, 3.8) is 0 Å². The zero-order valence-electron chi connectivity index (χ0n) is 29.5. The first-order valence-electron chi connectivity index (χ1n) is 17.8. The second-order valence-electron chi connectivity index (χ2n) is 13.3. The van der Waals surface area contributed by atoms with E-state index in [0.717, 1.165) is 86.8 Å². The molecule has 2 aromatic carbocycles. The Morgan fingerprint density at radius 1 is 0.600 bits per heavy atom. The van der Waals surface area contributed by atoms with Crippen molar-refractivity contribution >= 4 is 11.9 Å². The molecule has 2 saturated heterocycles. The molecule has 0 amide bonds. The lowest BCUT2D eigenvalue weighted by Crippen LogP contribution is -2.41. The molecule has 50 heavy (non-hydrogen) atoms. The molecule has 2 aliphatic heterocycles. The number of alkyl halides is 6. The Labute approximate surface area is 292 Å². The lowest BCUT2D eigenvalue weighted by molar-refractivity contribution is -0.145. The number of esters is 2. The van der Waals surface area contributed by atoms with E-state index in [1.54, 1.807) is 13.8 Å². The van der Waals surface area contributed by atoms with Crippen molar-refractivity contribution in [3.8, 4) is 0 Å². The Hall–Kier alpha value is -3.12. The van der Waals surface area contributed by atoms with Crippen molar-refractivity contribution < 1.29 is 45.4 Å². The van der Waals surface area contributed by atoms with E-state index in [1.807, 2.05) is 0 Å². The minimum atomic E-state index is -4.32. The predicted octanol–water partition coefficient (Wildman–Crippen LogP) is 9.74. The third kappa shape index (κ3) is 13.2. The van der Waals surface area contributed by atoms with Crippen LogP contribution in [-0.4, -0.2) is 37.2 Å². The lowest BCUT2D eigenvalue weighted by Gasteiger charge is -2.36. The summed E-state index contributed by atoms with van der Waals surface area (Å²) >= 11 is 0. The Morgan fingerprint density at radius 2 is 0.940 bits per heavy atom. The first-order valence-corrected chi connectivity index (χ1v) is 17.8. The molecule has 6 nitrogen and oxygen atoms in total. The largest absolute Gasteiger partial charge is 0.466 e. The fourth-order valence-corrected chi connectivity index (χ4v) is 7.12. The summed E-state index contributed by atoms with van der Waals surface area (Å²) in [5.41, 5.74) is 0.394. The molecule has 2 aromatic rings. The monoisotopic (exact) mass is 714 g/mol. The smallest absolute Gasteiger partial charge is 0.416 e. The van der Waals surface area contributed by atoms with Crippen LogP contribution in [0.2, 0.25) is 0 Å². The highest BCUT2D eigenvalue weighted by Crippen LogP contribution is 2.37. The zero-order chi connectivity index (χ0) is 36.9. The molecule has 0 spiro atoms. The highest BCUT2D eigenvalue weighted by molar-refractivity contribution is 5.70. The van der Waals surface area contributed by atoms with E-state index in [-0.39, 0.29) is 47.9 Å². The summed E-state index contributed by atoms with van der Waals surface area (Å²) in [5.74, 6) is -0.0279. The highest BCUT2D eigenvalue weighted by atomic mass is 19.4. The van der Waals surface area contributed by atoms with Gasteiger partial charge in [0.15, 0.2) is 0 Å². The van der Waals surface area contributed by atoms with Crippen LogP contribution in [0.5, 0.6) is 0 Å². The van der Waals surface area contributed by atoms with Gasteiger partial charge in [-0.2, -0.15) is 26.3 Å². The van der Waals surface area contributed by atoms with E-state index in [1.165, 1.54) is 24.3 Å². The lowest BCUT2D eigenvalue weighted by atomic mass is 9.82. The first-order chi connectivity index (χ1) is 23.7. The number of rotatable bonds is 12. The minimum Gasteiger partial charge on any atom is -0.466 e. The molecule has 280 valence electrons. The molecule has 4 rings (SSSR count). The van der Waals surface area contributed by atoms with Crippen molar-refractivity contribution in [3.05, 3.63) is 70.8 Å². The average Bonchev–Trinajstić information content (AvgIpc) is 3.05. The van der Waals surface area contributed by atoms with E-state index >= 15 is 0 Å². The SMILES string of the molecule is CCC[C@H]1C[C@@H](CC(=O)OCC)C[C@H](c2ccc(C(F)(F)F)cc2)N1.CCC[C@H]1C[C@H](CC(=O)OCC)C[C@H](c2ccc(C(F)(F)F)cc2)N1. The molecule has 0 radical (unpaired) electrons. The topological polar surface area (TPSA) is 76.7 Å². The molecule has 0 unspecified atom stereocenters. The van der Waals surface area contributed by atoms with E-state index in [9.17, 15) is 35.9 Å². The van der Waals surface area contributed by atoms with Gasteiger partial charge in [0.1, 0.15) is 0 Å². The molecule has 0 aromatic heterocycles. The fourth-order valence-electron chi connectivity index (χ4n) is 7.12. The fraction of sp³-hybridized carbons (Fsp3) is 0.632. The van der Waals surface area contributed by atoms with Crippen LogP contribution in [0, 0.1) is 11.8 Å². The van der Waals surface area contributed by atoms with Crippen LogP contribution in [0.15, 0.2) is 48.5 Å². The van der Waals surface area contributed by atoms with Crippen molar-refractivity contribution in [1.29, 1.82) is 0 Å². The number of halogens is 6. The van der Waals surface area contributed by atoms with Crippen LogP contribution < -0.4 is 10.6 Å². The maximum Gasteiger partial charge on any atom is 0.416 e. The zero-order valence-corrected chi connectivity index (χ0v) is 29.5. The maximum absolute atomic E-state index is 12.7. The molecule has 0 saturated carbocycles. The molecule has 0 aliphatic carbocycles. The van der Waals surface area contributed by atoms with E-state index in [2.05, 4.69) is 24.5 Å². The molecule has 6 atom stereocenters. The minimum absolute atomic E-state index is 0.0352. The van der Waals surface area contributed by atoms with Crippen LogP contribution in [-0.2, 0) is 31.4 Å². The summed E-state index contributed by atoms with van der Waals surface area (Å²) in [6, 6.07) is 11.1. The highest BCUT2D eigenvalue weighted by Gasteiger charge is 2.34. The van der Waals surface area contributed by atoms with Gasteiger partial charge in [0.25, 0.3) is 0 Å². The molecule has 2 heterocycles. The summed E-state index contributed by atoms with van der Waals surface area (Å²) < 4.78 is 86.5. The van der Waals surface area contributed by atoms with Gasteiger partial charge in [-0.1, -0.05) is 51.0 Å². The molecular formula is C38H52F6N2O4. The van der Waals surface area contributed by atoms with Crippen LogP contribution in [0.4, 0.5) is 26.3 Å². The summed E-state index contributed by atoms with van der Waals surface area (Å²) in [7, 11) is 0. The van der Waals surface area contributed by atoms with Gasteiger partial charge in [-0.3, -0.25) is 9.59 Å². The van der Waals surface area contributed by atoms with Crippen molar-refractivity contribution in [2.75, 3.05) is 13.2 Å². The Morgan fingerprint density at radius 3 is 1.22 bits per heavy atom. The number of hydrogen-bond acceptors (Lipinski definition) is 6. The van der Waals surface area contributed by atoms with Crippen LogP contribution in [0.3, 0.4) is 0 Å². The normalized spacial score (nSPS) is 24.1. The van der Waals surface area contributed by atoms with Crippen LogP contribution in [0.1, 0.15) is 126 Å². The van der Waals surface area contributed by atoms with Gasteiger partial charge in [0.2, 0.25) is 0 Å². The number of nitrogens with one attached hydrogen (secondary N) is 2. The number of hydrogen-bond donors (Lipinski definition) is 2. The van der Waals surface area contributed by atoms with Gasteiger partial charge >= 0.3 is 24.3 Å². The van der Waals surface area contributed by atoms with E-state index in [0.29, 0.717) is 26.1 Å². The van der Waals surface area contributed by atoms with Crippen molar-refractivity contribution in [2.24, 2.45) is 11.8 Å². The van der Waals surface area contributed by atoms with Gasteiger partial charge in [0, 0.05) is 37.0 Å². The molecular weight excluding hydrogens is 662 g/mol. The standard InChI is InChI=1S/2C19H26F3NO2/c2*1-3-5-16-10-13(12-18(24)25-4-2)11-17(23-16)14-6-8-15(9-7-14)19(20,21)22/h2*6-9,13,16-17,23H,3-5,10-12H2,1-2H3/t13-,16+,17-;13-,16-,17+/m10/s1. The van der Waals surface area contributed by atoms with Gasteiger partial charge in [-0.15, -0.1) is 0 Å². The quantitative estimate of drug-likeness (QED) is 0.169. The summed E-state index contributed by atoms with van der Waals surface area (Å²) in [6.45, 7) is 8.50. The molecule has 2 fully saturated rings. The van der Waals surface area contributed by atoms with Crippen LogP contribution in [0.25, 0.3) is 0 Å². The number of piperidine rings is 2. The molecule has 12 heteroatoms. The summed E-state index contributed by atoms with van der Waals surface area (Å²) in [5, 5.41) is 7.06. The van der Waals surface area contributed by atoms with E-state index < -0.39 is 23.5 Å². The van der Waals surface area contributed by atoms with Crippen molar-refractivity contribution in [2.45, 2.75) is 128 Å². The first kappa shape index (κ1) is 41.3. The molecule has 0 bridgehead atoms. The second kappa shape index (κ2) is 19.5. The van der Waals surface area contributed by atoms with E-state index in [4.69, 9.17) is 9.47 Å². The number of benzene rings is 2. The Kier molecular flexibility index (Phi) is 16.1. The Balaban J connectivity index is 0.000000270. The van der Waals surface area contributed by atoms with Gasteiger partial charge in [0.05, 0.1) is 24.3 Å². The maximum atomic E-state index is 12.7. The average molecular weight is 715 g/mol. The number of carbonyl (C=O) groups is 2. The molecule has 2 aliphatic rings. The Bertz CT molecular complexity index is 1220. The number of ether oxygens (including phenoxy) is 2. The number of carbonyl (C=O) groups excluding carboxylic acids is 2. The summed E-state index contributed by atoms with van der Waals surface area (Å²) in [4.78, 5) is 23.6. The third-order valence-corrected chi connectivity index (χ3v) is 9.32. The van der Waals surface area contributed by atoms with Crippen molar-refractivity contribution in [1.82, 2.24) is 10.6 Å². The predicted molar refractivity (Wildman–Crippen MR) is 180 cm³/mol. The third-order valence-electron chi connectivity index (χ3n) is 9.32. The van der Waals surface area contributed by atoms with Gasteiger partial charge in [-0.25, -0.2) is 0 Å². The molecule has 2 N–H and O–H groups in total.